The van der Waals surface area contributed by atoms with Crippen molar-refractivity contribution >= 4 is 23.2 Å². The first-order chi connectivity index (χ1) is 3.06. The van der Waals surface area contributed by atoms with Gasteiger partial charge in [-0.25, -0.2) is 4.39 Å². The molecule has 0 aliphatic heterocycles. The van der Waals surface area contributed by atoms with Gasteiger partial charge in [0, 0.05) is 0 Å². The molecular formula is C4H5Cl2F. The zero-order valence-corrected chi connectivity index (χ0v) is 5.30. The summed E-state index contributed by atoms with van der Waals surface area (Å²) in [4.78, 5) is 0. The lowest BCUT2D eigenvalue weighted by Gasteiger charge is -2.01. The lowest BCUT2D eigenvalue weighted by molar-refractivity contribution is 0.713. The van der Waals surface area contributed by atoms with E-state index in [2.05, 4.69) is 0 Å². The zero-order valence-electron chi connectivity index (χ0n) is 3.79. The summed E-state index contributed by atoms with van der Waals surface area (Å²) in [6, 6.07) is 0. The number of rotatable bonds is 1. The molecule has 0 spiro atoms. The van der Waals surface area contributed by atoms with Crippen molar-refractivity contribution in [1.29, 1.82) is 0 Å². The third-order valence-electron chi connectivity index (χ3n) is 0.356. The van der Waals surface area contributed by atoms with Crippen LogP contribution in [0.2, 0.25) is 0 Å². The highest BCUT2D eigenvalue weighted by Crippen LogP contribution is 2.20. The van der Waals surface area contributed by atoms with E-state index in [0.717, 1.165) is 6.08 Å². The fourth-order valence-electron chi connectivity index (χ4n) is 0.111. The van der Waals surface area contributed by atoms with E-state index < -0.39 is 4.33 Å². The van der Waals surface area contributed by atoms with Crippen LogP contribution >= 0.6 is 23.2 Å². The summed E-state index contributed by atoms with van der Waals surface area (Å²) in [6.07, 6.45) is 1.37. The minimum absolute atomic E-state index is 0.319. The highest BCUT2D eigenvalue weighted by Gasteiger charge is 2.09. The molecule has 0 aliphatic rings. The molecule has 0 aliphatic carbocycles. The Hall–Kier alpha value is 0.250. The molecule has 0 saturated carbocycles. The first-order valence-electron chi connectivity index (χ1n) is 1.72. The summed E-state index contributed by atoms with van der Waals surface area (Å²) in [5.74, 6) is 0. The van der Waals surface area contributed by atoms with Crippen molar-refractivity contribution in [3.63, 3.8) is 0 Å². The van der Waals surface area contributed by atoms with E-state index in [4.69, 9.17) is 23.2 Å². The molecule has 0 bridgehead atoms. The second kappa shape index (κ2) is 2.53. The molecule has 0 aromatic carbocycles. The summed E-state index contributed by atoms with van der Waals surface area (Å²) in [7, 11) is 0. The van der Waals surface area contributed by atoms with E-state index in [9.17, 15) is 4.39 Å². The van der Waals surface area contributed by atoms with Crippen LogP contribution in [-0.2, 0) is 0 Å². The third kappa shape index (κ3) is 6.25. The van der Waals surface area contributed by atoms with Gasteiger partial charge in [-0.3, -0.25) is 0 Å². The van der Waals surface area contributed by atoms with Gasteiger partial charge in [0.25, 0.3) is 0 Å². The Balaban J connectivity index is 3.56. The molecule has 0 saturated heterocycles. The first kappa shape index (κ1) is 7.25. The quantitative estimate of drug-likeness (QED) is 0.495. The molecule has 0 fully saturated rings. The van der Waals surface area contributed by atoms with Crippen LogP contribution in [0, 0.1) is 0 Å². The molecule has 0 heterocycles. The SMILES string of the molecule is CC(Cl)(Cl)C=CF. The molecule has 7 heavy (non-hydrogen) atoms. The first-order valence-corrected chi connectivity index (χ1v) is 2.47. The van der Waals surface area contributed by atoms with E-state index in [1.165, 1.54) is 6.92 Å². The Morgan fingerprint density at radius 2 is 2.00 bits per heavy atom. The number of alkyl halides is 2. The average molecular weight is 143 g/mol. The van der Waals surface area contributed by atoms with Crippen molar-refractivity contribution in [2.45, 2.75) is 11.3 Å². The van der Waals surface area contributed by atoms with Gasteiger partial charge >= 0.3 is 0 Å². The zero-order chi connectivity index (χ0) is 5.91. The van der Waals surface area contributed by atoms with Gasteiger partial charge in [0.1, 0.15) is 4.33 Å². The van der Waals surface area contributed by atoms with Gasteiger partial charge in [0.2, 0.25) is 0 Å². The maximum atomic E-state index is 11.1. The summed E-state index contributed by atoms with van der Waals surface area (Å²) in [5.41, 5.74) is 0. The van der Waals surface area contributed by atoms with Crippen LogP contribution in [0.3, 0.4) is 0 Å². The van der Waals surface area contributed by atoms with Crippen molar-refractivity contribution in [3.05, 3.63) is 12.4 Å². The van der Waals surface area contributed by atoms with Crippen LogP contribution in [0.1, 0.15) is 6.92 Å². The smallest absolute Gasteiger partial charge is 0.136 e. The predicted octanol–water partition coefficient (Wildman–Crippen LogP) is 2.66. The van der Waals surface area contributed by atoms with Crippen molar-refractivity contribution in [3.8, 4) is 0 Å². The van der Waals surface area contributed by atoms with Crippen molar-refractivity contribution in [1.82, 2.24) is 0 Å². The van der Waals surface area contributed by atoms with E-state index in [-0.39, 0.29) is 0 Å². The molecule has 0 aromatic rings. The topological polar surface area (TPSA) is 0 Å². The van der Waals surface area contributed by atoms with Gasteiger partial charge in [0.15, 0.2) is 0 Å². The lowest BCUT2D eigenvalue weighted by Crippen LogP contribution is -1.97. The second-order valence-corrected chi connectivity index (χ2v) is 3.01. The molecule has 0 N–H and O–H groups in total. The molecular weight excluding hydrogens is 138 g/mol. The molecule has 0 radical (unpaired) electrons. The third-order valence-corrected chi connectivity index (χ3v) is 0.608. The monoisotopic (exact) mass is 142 g/mol. The minimum atomic E-state index is -1.06. The van der Waals surface area contributed by atoms with Crippen LogP contribution < -0.4 is 0 Å². The van der Waals surface area contributed by atoms with Crippen molar-refractivity contribution in [2.75, 3.05) is 0 Å². The molecule has 0 amide bonds. The number of halogens is 3. The van der Waals surface area contributed by atoms with E-state index in [0.29, 0.717) is 6.33 Å². The molecule has 0 nitrogen and oxygen atoms in total. The maximum Gasteiger partial charge on any atom is 0.136 e. The summed E-state index contributed by atoms with van der Waals surface area (Å²) in [5, 5.41) is 0. The minimum Gasteiger partial charge on any atom is -0.216 e. The highest BCUT2D eigenvalue weighted by molar-refractivity contribution is 6.49. The predicted molar refractivity (Wildman–Crippen MR) is 30.4 cm³/mol. The van der Waals surface area contributed by atoms with Crippen LogP contribution in [0.5, 0.6) is 0 Å². The Bertz CT molecular complexity index is 72.2. The second-order valence-electron chi connectivity index (χ2n) is 1.25. The van der Waals surface area contributed by atoms with E-state index >= 15 is 0 Å². The normalized spacial score (nSPS) is 13.1. The van der Waals surface area contributed by atoms with Crippen LogP contribution in [0.4, 0.5) is 4.39 Å². The van der Waals surface area contributed by atoms with Gasteiger partial charge in [0.05, 0.1) is 6.33 Å². The number of hydrogen-bond donors (Lipinski definition) is 0. The number of allylic oxidation sites excluding steroid dienone is 1. The molecule has 0 unspecified atom stereocenters. The van der Waals surface area contributed by atoms with Crippen LogP contribution in [-0.4, -0.2) is 4.33 Å². The standard InChI is InChI=1S/C4H5Cl2F/c1-4(5,6)2-3-7/h2-3H,1H3. The Morgan fingerprint density at radius 3 is 2.00 bits per heavy atom. The Labute approximate surface area is 51.9 Å². The molecule has 0 atom stereocenters. The lowest BCUT2D eigenvalue weighted by atomic mass is 10.5. The molecule has 0 rings (SSSR count). The highest BCUT2D eigenvalue weighted by atomic mass is 35.5. The average Bonchev–Trinajstić information content (AvgIpc) is 1.30. The summed E-state index contributed by atoms with van der Waals surface area (Å²) >= 11 is 10.5. The Kier molecular flexibility index (Phi) is 2.62. The molecule has 0 aromatic heterocycles. The van der Waals surface area contributed by atoms with Gasteiger partial charge in [-0.2, -0.15) is 0 Å². The van der Waals surface area contributed by atoms with E-state index in [1.54, 1.807) is 0 Å². The van der Waals surface area contributed by atoms with Crippen molar-refractivity contribution < 1.29 is 4.39 Å². The van der Waals surface area contributed by atoms with E-state index in [1.807, 2.05) is 0 Å². The fraction of sp³-hybridized carbons (Fsp3) is 0.500. The fourth-order valence-corrected chi connectivity index (χ4v) is 0.206. The van der Waals surface area contributed by atoms with Crippen LogP contribution in [0.15, 0.2) is 12.4 Å². The number of hydrogen-bond acceptors (Lipinski definition) is 0. The van der Waals surface area contributed by atoms with Gasteiger partial charge in [-0.1, -0.05) is 23.2 Å². The Morgan fingerprint density at radius 1 is 1.57 bits per heavy atom. The van der Waals surface area contributed by atoms with Gasteiger partial charge < -0.3 is 0 Å². The molecule has 3 heteroatoms. The van der Waals surface area contributed by atoms with Gasteiger partial charge in [-0.05, 0) is 13.0 Å². The largest absolute Gasteiger partial charge is 0.216 e. The van der Waals surface area contributed by atoms with Crippen molar-refractivity contribution in [2.24, 2.45) is 0 Å². The van der Waals surface area contributed by atoms with Crippen LogP contribution in [0.25, 0.3) is 0 Å². The summed E-state index contributed by atoms with van der Waals surface area (Å²) in [6.45, 7) is 1.48. The molecule has 42 valence electrons. The maximum absolute atomic E-state index is 11.1. The summed E-state index contributed by atoms with van der Waals surface area (Å²) < 4.78 is 10.1. The van der Waals surface area contributed by atoms with Gasteiger partial charge in [-0.15, -0.1) is 0 Å².